The smallest absolute Gasteiger partial charge is 0.323 e. The molecule has 4 atom stereocenters. The summed E-state index contributed by atoms with van der Waals surface area (Å²) in [5.74, 6) is 0.548. The van der Waals surface area contributed by atoms with Crippen molar-refractivity contribution in [3.8, 4) is 11.5 Å². The van der Waals surface area contributed by atoms with Gasteiger partial charge in [0.25, 0.3) is 0 Å². The Morgan fingerprint density at radius 3 is 2.54 bits per heavy atom. The molecule has 204 valence electrons. The summed E-state index contributed by atoms with van der Waals surface area (Å²) in [5.41, 5.74) is 2.47. The van der Waals surface area contributed by atoms with E-state index >= 15 is 0 Å². The van der Waals surface area contributed by atoms with Crippen molar-refractivity contribution in [2.75, 3.05) is 24.4 Å². The Labute approximate surface area is 225 Å². The number of anilines is 2. The summed E-state index contributed by atoms with van der Waals surface area (Å²) in [4.78, 5) is 25.2. The number of amides is 3. The molecular formula is C29H30FN3O6. The van der Waals surface area contributed by atoms with E-state index in [4.69, 9.17) is 14.2 Å². The van der Waals surface area contributed by atoms with Gasteiger partial charge in [-0.05, 0) is 55.0 Å². The molecule has 2 aliphatic heterocycles. The van der Waals surface area contributed by atoms with E-state index < -0.39 is 24.3 Å². The van der Waals surface area contributed by atoms with Gasteiger partial charge in [-0.1, -0.05) is 18.2 Å². The lowest BCUT2D eigenvalue weighted by Crippen LogP contribution is -2.47. The van der Waals surface area contributed by atoms with Gasteiger partial charge in [-0.2, -0.15) is 0 Å². The predicted octanol–water partition coefficient (Wildman–Crippen LogP) is 4.18. The minimum atomic E-state index is -0.615. The van der Waals surface area contributed by atoms with Gasteiger partial charge in [0, 0.05) is 35.0 Å². The number of rotatable bonds is 8. The molecule has 1 fully saturated rings. The summed E-state index contributed by atoms with van der Waals surface area (Å²) in [6, 6.07) is 18.2. The first-order chi connectivity index (χ1) is 18.9. The van der Waals surface area contributed by atoms with Crippen molar-refractivity contribution in [3.05, 3.63) is 83.7 Å². The topological polar surface area (TPSA) is 118 Å². The van der Waals surface area contributed by atoms with Crippen molar-refractivity contribution in [2.24, 2.45) is 0 Å². The van der Waals surface area contributed by atoms with Gasteiger partial charge in [0.1, 0.15) is 29.5 Å². The summed E-state index contributed by atoms with van der Waals surface area (Å²) >= 11 is 0. The zero-order valence-corrected chi connectivity index (χ0v) is 21.4. The molecule has 0 aliphatic carbocycles. The molecule has 0 radical (unpaired) electrons. The number of aliphatic hydroxyl groups is 1. The van der Waals surface area contributed by atoms with Crippen LogP contribution in [-0.2, 0) is 16.1 Å². The molecule has 9 nitrogen and oxygen atoms in total. The van der Waals surface area contributed by atoms with Gasteiger partial charge in [0.15, 0.2) is 0 Å². The van der Waals surface area contributed by atoms with Crippen LogP contribution in [0.5, 0.6) is 11.5 Å². The molecule has 4 N–H and O–H groups in total. The van der Waals surface area contributed by atoms with Gasteiger partial charge in [0.2, 0.25) is 5.91 Å². The number of urea groups is 1. The quantitative estimate of drug-likeness (QED) is 0.344. The molecule has 3 amide bonds. The molecule has 0 unspecified atom stereocenters. The molecular weight excluding hydrogens is 505 g/mol. The van der Waals surface area contributed by atoms with Crippen LogP contribution in [-0.4, -0.2) is 49.1 Å². The molecule has 2 aliphatic rings. The number of benzene rings is 3. The normalized spacial score (nSPS) is 21.2. The van der Waals surface area contributed by atoms with Crippen LogP contribution in [0.25, 0.3) is 0 Å². The number of hydrogen-bond donors (Lipinski definition) is 4. The third-order valence-electron chi connectivity index (χ3n) is 6.95. The van der Waals surface area contributed by atoms with Gasteiger partial charge in [-0.25, -0.2) is 9.18 Å². The molecule has 3 aromatic rings. The van der Waals surface area contributed by atoms with Crippen LogP contribution in [0.1, 0.15) is 29.9 Å². The fourth-order valence-corrected chi connectivity index (χ4v) is 5.05. The highest BCUT2D eigenvalue weighted by atomic mass is 19.1. The number of hydrogen-bond acceptors (Lipinski definition) is 6. The number of ether oxygens (including phenoxy) is 3. The Balaban J connectivity index is 1.22. The van der Waals surface area contributed by atoms with Gasteiger partial charge in [-0.3, -0.25) is 4.79 Å². The van der Waals surface area contributed by atoms with Gasteiger partial charge < -0.3 is 35.3 Å². The molecule has 0 aromatic heterocycles. The zero-order chi connectivity index (χ0) is 27.4. The lowest BCUT2D eigenvalue weighted by molar-refractivity contribution is -0.142. The van der Waals surface area contributed by atoms with Crippen molar-refractivity contribution in [1.29, 1.82) is 0 Å². The molecule has 0 bridgehead atoms. The first kappa shape index (κ1) is 26.5. The first-order valence-corrected chi connectivity index (χ1v) is 12.7. The summed E-state index contributed by atoms with van der Waals surface area (Å²) in [7, 11) is 1.57. The van der Waals surface area contributed by atoms with Crippen LogP contribution in [0, 0.1) is 5.82 Å². The molecule has 2 heterocycles. The number of nitrogens with one attached hydrogen (secondary N) is 3. The molecule has 1 saturated heterocycles. The van der Waals surface area contributed by atoms with Crippen LogP contribution in [0.15, 0.2) is 66.7 Å². The number of carbonyl (C=O) groups is 2. The second-order valence-electron chi connectivity index (χ2n) is 9.54. The predicted molar refractivity (Wildman–Crippen MR) is 142 cm³/mol. The number of methoxy groups -OCH3 is 1. The van der Waals surface area contributed by atoms with E-state index in [1.165, 1.54) is 6.07 Å². The van der Waals surface area contributed by atoms with Crippen molar-refractivity contribution in [3.63, 3.8) is 0 Å². The maximum atomic E-state index is 13.9. The second kappa shape index (κ2) is 11.7. The summed E-state index contributed by atoms with van der Waals surface area (Å²) in [6.45, 7) is -0.189. The lowest BCUT2D eigenvalue weighted by atomic mass is 9.84. The summed E-state index contributed by atoms with van der Waals surface area (Å²) < 4.78 is 31.1. The molecule has 5 rings (SSSR count). The molecule has 0 spiro atoms. The van der Waals surface area contributed by atoms with E-state index in [1.807, 2.05) is 6.07 Å². The minimum Gasteiger partial charge on any atom is -0.497 e. The van der Waals surface area contributed by atoms with E-state index in [0.717, 1.165) is 5.56 Å². The third-order valence-corrected chi connectivity index (χ3v) is 6.95. The van der Waals surface area contributed by atoms with Crippen molar-refractivity contribution < 1.29 is 33.3 Å². The standard InChI is InChI=1S/C29H30FN3O6/c1-37-20-9-6-18(7-10-20)32-29(36)33-19-8-11-25-22(12-19)23-13-21(38-26(16-34)28(23)39-25)14-27(35)31-15-17-4-2-3-5-24(17)30/h2-12,21,23,26,28,34H,13-16H2,1H3,(H,31,35)(H2,32,33,36)/t21-,23+,26-,28-/m0/s1. The summed E-state index contributed by atoms with van der Waals surface area (Å²) in [6.07, 6.45) is -0.941. The second-order valence-corrected chi connectivity index (χ2v) is 9.54. The van der Waals surface area contributed by atoms with Crippen LogP contribution in [0.2, 0.25) is 0 Å². The maximum absolute atomic E-state index is 13.9. The van der Waals surface area contributed by atoms with Gasteiger partial charge in [-0.15, -0.1) is 0 Å². The maximum Gasteiger partial charge on any atom is 0.323 e. The molecule has 10 heteroatoms. The van der Waals surface area contributed by atoms with E-state index in [2.05, 4.69) is 16.0 Å². The average Bonchev–Trinajstić information content (AvgIpc) is 3.30. The number of carbonyl (C=O) groups excluding carboxylic acids is 2. The number of aliphatic hydroxyl groups excluding tert-OH is 1. The molecule has 3 aromatic carbocycles. The van der Waals surface area contributed by atoms with E-state index in [-0.39, 0.29) is 37.2 Å². The Hall–Kier alpha value is -4.15. The van der Waals surface area contributed by atoms with Crippen molar-refractivity contribution in [1.82, 2.24) is 5.32 Å². The first-order valence-electron chi connectivity index (χ1n) is 12.7. The third kappa shape index (κ3) is 6.13. The Morgan fingerprint density at radius 2 is 1.79 bits per heavy atom. The zero-order valence-electron chi connectivity index (χ0n) is 21.4. The highest BCUT2D eigenvalue weighted by Crippen LogP contribution is 2.47. The fourth-order valence-electron chi connectivity index (χ4n) is 5.05. The Morgan fingerprint density at radius 1 is 1.05 bits per heavy atom. The highest BCUT2D eigenvalue weighted by Gasteiger charge is 2.46. The fraction of sp³-hybridized carbons (Fsp3) is 0.310. The van der Waals surface area contributed by atoms with E-state index in [1.54, 1.807) is 61.7 Å². The van der Waals surface area contributed by atoms with Crippen LogP contribution < -0.4 is 25.4 Å². The van der Waals surface area contributed by atoms with Gasteiger partial charge in [0.05, 0.1) is 26.2 Å². The minimum absolute atomic E-state index is 0.0612. The molecule has 39 heavy (non-hydrogen) atoms. The monoisotopic (exact) mass is 535 g/mol. The Bertz CT molecular complexity index is 1330. The summed E-state index contributed by atoms with van der Waals surface area (Å²) in [5, 5.41) is 18.3. The van der Waals surface area contributed by atoms with Crippen molar-refractivity contribution >= 4 is 23.3 Å². The number of halogens is 1. The van der Waals surface area contributed by atoms with E-state index in [9.17, 15) is 19.1 Å². The lowest BCUT2D eigenvalue weighted by Gasteiger charge is -2.37. The molecule has 0 saturated carbocycles. The van der Waals surface area contributed by atoms with Crippen LogP contribution in [0.4, 0.5) is 20.6 Å². The number of fused-ring (bicyclic) bond motifs is 3. The largest absolute Gasteiger partial charge is 0.497 e. The van der Waals surface area contributed by atoms with Gasteiger partial charge >= 0.3 is 6.03 Å². The van der Waals surface area contributed by atoms with Crippen LogP contribution >= 0.6 is 0 Å². The van der Waals surface area contributed by atoms with Crippen LogP contribution in [0.3, 0.4) is 0 Å². The highest BCUT2D eigenvalue weighted by molar-refractivity contribution is 5.99. The Kier molecular flexibility index (Phi) is 7.94. The SMILES string of the molecule is COc1ccc(NC(=O)Nc2ccc3c(c2)[C@H]2C[C@@H](CC(=O)NCc4ccccc4F)O[C@@H](CO)[C@H]2O3)cc1. The van der Waals surface area contributed by atoms with E-state index in [0.29, 0.717) is 34.9 Å². The van der Waals surface area contributed by atoms with Crippen molar-refractivity contribution in [2.45, 2.75) is 43.6 Å². The average molecular weight is 536 g/mol.